The van der Waals surface area contributed by atoms with E-state index >= 15 is 0 Å². The number of H-pyrrole nitrogens is 1. The number of benzene rings is 1. The Morgan fingerprint density at radius 2 is 2.05 bits per heavy atom. The van der Waals surface area contributed by atoms with Gasteiger partial charge in [0, 0.05) is 19.8 Å². The number of nitrogens with one attached hydrogen (secondary N) is 1. The molecule has 2 rings (SSSR count). The van der Waals surface area contributed by atoms with Crippen LogP contribution in [0.2, 0.25) is 5.02 Å². The SMILES string of the molecule is CCOc1ccc(CN(C)C(=O)c2cc(Cl)c[nH]2)cc1. The fourth-order valence-corrected chi connectivity index (χ4v) is 2.06. The minimum Gasteiger partial charge on any atom is -0.494 e. The maximum Gasteiger partial charge on any atom is 0.270 e. The molecule has 1 amide bonds. The third kappa shape index (κ3) is 3.54. The van der Waals surface area contributed by atoms with Crippen molar-refractivity contribution in [2.75, 3.05) is 13.7 Å². The summed E-state index contributed by atoms with van der Waals surface area (Å²) >= 11 is 5.80. The molecular weight excluding hydrogens is 276 g/mol. The molecule has 0 fully saturated rings. The minimum absolute atomic E-state index is 0.0919. The maximum absolute atomic E-state index is 12.1. The summed E-state index contributed by atoms with van der Waals surface area (Å²) < 4.78 is 5.39. The first-order valence-electron chi connectivity index (χ1n) is 6.41. The van der Waals surface area contributed by atoms with E-state index in [1.807, 2.05) is 31.2 Å². The molecule has 1 aromatic heterocycles. The standard InChI is InChI=1S/C15H17ClN2O2/c1-3-20-13-6-4-11(5-7-13)10-18(2)15(19)14-8-12(16)9-17-14/h4-9,17H,3,10H2,1-2H3. The molecule has 0 atom stereocenters. The van der Waals surface area contributed by atoms with Crippen LogP contribution in [0.4, 0.5) is 0 Å². The average molecular weight is 293 g/mol. The highest BCUT2D eigenvalue weighted by Crippen LogP contribution is 2.15. The van der Waals surface area contributed by atoms with E-state index in [1.54, 1.807) is 24.2 Å². The van der Waals surface area contributed by atoms with E-state index in [0.717, 1.165) is 11.3 Å². The van der Waals surface area contributed by atoms with Crippen LogP contribution in [0.1, 0.15) is 23.0 Å². The predicted octanol–water partition coefficient (Wildman–Crippen LogP) is 3.34. The van der Waals surface area contributed by atoms with Gasteiger partial charge in [-0.3, -0.25) is 4.79 Å². The van der Waals surface area contributed by atoms with E-state index in [0.29, 0.717) is 23.9 Å². The van der Waals surface area contributed by atoms with Gasteiger partial charge in [-0.1, -0.05) is 23.7 Å². The van der Waals surface area contributed by atoms with Crippen molar-refractivity contribution in [3.05, 3.63) is 52.8 Å². The van der Waals surface area contributed by atoms with Crippen molar-refractivity contribution in [3.63, 3.8) is 0 Å². The molecule has 2 aromatic rings. The van der Waals surface area contributed by atoms with Gasteiger partial charge in [-0.15, -0.1) is 0 Å². The molecule has 0 saturated carbocycles. The second kappa shape index (κ2) is 6.48. The second-order valence-corrected chi connectivity index (χ2v) is 4.91. The summed E-state index contributed by atoms with van der Waals surface area (Å²) in [7, 11) is 1.76. The quantitative estimate of drug-likeness (QED) is 0.918. The lowest BCUT2D eigenvalue weighted by Gasteiger charge is -2.16. The molecule has 1 heterocycles. The number of hydrogen-bond donors (Lipinski definition) is 1. The van der Waals surface area contributed by atoms with E-state index in [4.69, 9.17) is 16.3 Å². The summed E-state index contributed by atoms with van der Waals surface area (Å²) in [6, 6.07) is 9.34. The number of nitrogens with zero attached hydrogens (tertiary/aromatic N) is 1. The van der Waals surface area contributed by atoms with Crippen LogP contribution in [0.3, 0.4) is 0 Å². The molecule has 0 saturated heterocycles. The van der Waals surface area contributed by atoms with Crippen molar-refractivity contribution in [2.24, 2.45) is 0 Å². The Morgan fingerprint density at radius 1 is 1.35 bits per heavy atom. The molecule has 0 unspecified atom stereocenters. The van der Waals surface area contributed by atoms with Gasteiger partial charge in [0.25, 0.3) is 5.91 Å². The smallest absolute Gasteiger partial charge is 0.270 e. The van der Waals surface area contributed by atoms with E-state index in [2.05, 4.69) is 4.98 Å². The maximum atomic E-state index is 12.1. The molecule has 0 aliphatic rings. The van der Waals surface area contributed by atoms with Crippen molar-refractivity contribution in [1.82, 2.24) is 9.88 Å². The zero-order valence-corrected chi connectivity index (χ0v) is 12.3. The first-order valence-corrected chi connectivity index (χ1v) is 6.79. The summed E-state index contributed by atoms with van der Waals surface area (Å²) in [5, 5.41) is 0.530. The molecule has 0 radical (unpaired) electrons. The van der Waals surface area contributed by atoms with Gasteiger partial charge in [0.05, 0.1) is 11.6 Å². The molecule has 0 aliphatic carbocycles. The van der Waals surface area contributed by atoms with Crippen molar-refractivity contribution in [1.29, 1.82) is 0 Å². The third-order valence-electron chi connectivity index (χ3n) is 2.88. The molecule has 0 bridgehead atoms. The number of hydrogen-bond acceptors (Lipinski definition) is 2. The Labute approximate surface area is 123 Å². The highest BCUT2D eigenvalue weighted by molar-refractivity contribution is 6.30. The van der Waals surface area contributed by atoms with E-state index < -0.39 is 0 Å². The fourth-order valence-electron chi connectivity index (χ4n) is 1.90. The molecule has 1 N–H and O–H groups in total. The Hall–Kier alpha value is -1.94. The van der Waals surface area contributed by atoms with Gasteiger partial charge in [0.15, 0.2) is 0 Å². The zero-order chi connectivity index (χ0) is 14.5. The molecular formula is C15H17ClN2O2. The molecule has 106 valence electrons. The highest BCUT2D eigenvalue weighted by Gasteiger charge is 2.13. The molecule has 4 nitrogen and oxygen atoms in total. The fraction of sp³-hybridized carbons (Fsp3) is 0.267. The van der Waals surface area contributed by atoms with E-state index in [9.17, 15) is 4.79 Å². The van der Waals surface area contributed by atoms with Gasteiger partial charge in [-0.2, -0.15) is 0 Å². The largest absolute Gasteiger partial charge is 0.494 e. The minimum atomic E-state index is -0.0919. The lowest BCUT2D eigenvalue weighted by Crippen LogP contribution is -2.26. The first kappa shape index (κ1) is 14.5. The number of carbonyl (C=O) groups excluding carboxylic acids is 1. The van der Waals surface area contributed by atoms with Crippen LogP contribution in [-0.4, -0.2) is 29.4 Å². The molecule has 0 spiro atoms. The summed E-state index contributed by atoms with van der Waals surface area (Å²) in [5.74, 6) is 0.743. The molecule has 1 aromatic carbocycles. The van der Waals surface area contributed by atoms with Crippen molar-refractivity contribution >= 4 is 17.5 Å². The van der Waals surface area contributed by atoms with Crippen molar-refractivity contribution in [3.8, 4) is 5.75 Å². The van der Waals surface area contributed by atoms with Gasteiger partial charge in [0.2, 0.25) is 0 Å². The lowest BCUT2D eigenvalue weighted by molar-refractivity contribution is 0.0780. The average Bonchev–Trinajstić information content (AvgIpc) is 2.87. The van der Waals surface area contributed by atoms with E-state index in [1.165, 1.54) is 0 Å². The number of carbonyl (C=O) groups is 1. The number of amides is 1. The van der Waals surface area contributed by atoms with Crippen molar-refractivity contribution in [2.45, 2.75) is 13.5 Å². The van der Waals surface area contributed by atoms with Crippen LogP contribution >= 0.6 is 11.6 Å². The summed E-state index contributed by atoms with van der Waals surface area (Å²) in [6.45, 7) is 3.12. The van der Waals surface area contributed by atoms with Gasteiger partial charge < -0.3 is 14.6 Å². The Balaban J connectivity index is 2.00. The summed E-state index contributed by atoms with van der Waals surface area (Å²) in [5.41, 5.74) is 1.53. The van der Waals surface area contributed by atoms with Crippen LogP contribution in [-0.2, 0) is 6.54 Å². The normalized spacial score (nSPS) is 10.3. The molecule has 0 aliphatic heterocycles. The highest BCUT2D eigenvalue weighted by atomic mass is 35.5. The Morgan fingerprint density at radius 3 is 2.60 bits per heavy atom. The first-order chi connectivity index (χ1) is 9.60. The molecule has 20 heavy (non-hydrogen) atoms. The number of aromatic amines is 1. The van der Waals surface area contributed by atoms with Crippen LogP contribution in [0.15, 0.2) is 36.5 Å². The number of ether oxygens (including phenoxy) is 1. The lowest BCUT2D eigenvalue weighted by atomic mass is 10.2. The molecule has 5 heteroatoms. The van der Waals surface area contributed by atoms with Gasteiger partial charge in [-0.05, 0) is 30.7 Å². The van der Waals surface area contributed by atoms with Crippen molar-refractivity contribution < 1.29 is 9.53 Å². The summed E-state index contributed by atoms with van der Waals surface area (Å²) in [4.78, 5) is 16.6. The van der Waals surface area contributed by atoms with Gasteiger partial charge >= 0.3 is 0 Å². The number of halogens is 1. The Kier molecular flexibility index (Phi) is 4.69. The van der Waals surface area contributed by atoms with Gasteiger partial charge in [-0.25, -0.2) is 0 Å². The number of aromatic nitrogens is 1. The third-order valence-corrected chi connectivity index (χ3v) is 3.10. The van der Waals surface area contributed by atoms with Crippen LogP contribution in [0.25, 0.3) is 0 Å². The van der Waals surface area contributed by atoms with Crippen LogP contribution < -0.4 is 4.74 Å². The topological polar surface area (TPSA) is 45.3 Å². The predicted molar refractivity (Wildman–Crippen MR) is 79.2 cm³/mol. The van der Waals surface area contributed by atoms with Gasteiger partial charge in [0.1, 0.15) is 11.4 Å². The summed E-state index contributed by atoms with van der Waals surface area (Å²) in [6.07, 6.45) is 1.60. The van der Waals surface area contributed by atoms with E-state index in [-0.39, 0.29) is 5.91 Å². The monoisotopic (exact) mass is 292 g/mol. The van der Waals surface area contributed by atoms with Crippen LogP contribution in [0.5, 0.6) is 5.75 Å². The second-order valence-electron chi connectivity index (χ2n) is 4.47. The van der Waals surface area contributed by atoms with Crippen LogP contribution in [0, 0.1) is 0 Å². The number of rotatable bonds is 5. The Bertz CT molecular complexity index is 578. The zero-order valence-electron chi connectivity index (χ0n) is 11.5.